The van der Waals surface area contributed by atoms with Gasteiger partial charge in [0.05, 0.1) is 43.1 Å². The van der Waals surface area contributed by atoms with Gasteiger partial charge >= 0.3 is 5.97 Å². The van der Waals surface area contributed by atoms with Crippen molar-refractivity contribution >= 4 is 21.7 Å². The number of rotatable bonds is 8. The van der Waals surface area contributed by atoms with E-state index in [1.807, 2.05) is 29.2 Å². The number of piperidine rings is 1. The van der Waals surface area contributed by atoms with Crippen molar-refractivity contribution in [2.24, 2.45) is 0 Å². The van der Waals surface area contributed by atoms with Crippen molar-refractivity contribution in [1.82, 2.24) is 4.31 Å². The second kappa shape index (κ2) is 11.2. The minimum atomic E-state index is -3.67. The number of esters is 1. The third-order valence-electron chi connectivity index (χ3n) is 6.28. The average Bonchev–Trinajstić information content (AvgIpc) is 2.89. The van der Waals surface area contributed by atoms with Crippen LogP contribution in [0.15, 0.2) is 47.4 Å². The average molecular weight is 489 g/mol. The highest BCUT2D eigenvalue weighted by molar-refractivity contribution is 7.89. The Bertz CT molecular complexity index is 1080. The molecule has 0 aliphatic carbocycles. The monoisotopic (exact) mass is 488 g/mol. The fourth-order valence-electron chi connectivity index (χ4n) is 4.30. The third kappa shape index (κ3) is 5.71. The Labute approximate surface area is 201 Å². The minimum Gasteiger partial charge on any atom is -0.497 e. The molecule has 2 saturated heterocycles. The summed E-state index contributed by atoms with van der Waals surface area (Å²) in [5.41, 5.74) is 1.97. The van der Waals surface area contributed by atoms with E-state index in [-0.39, 0.29) is 17.1 Å². The van der Waals surface area contributed by atoms with Crippen molar-refractivity contribution in [2.45, 2.75) is 30.6 Å². The number of nitrogens with zero attached hydrogens (tertiary/aromatic N) is 2. The van der Waals surface area contributed by atoms with Crippen molar-refractivity contribution in [3.8, 4) is 5.75 Å². The normalized spacial score (nSPS) is 17.4. The van der Waals surface area contributed by atoms with Gasteiger partial charge in [0.15, 0.2) is 0 Å². The number of benzene rings is 2. The molecule has 0 N–H and O–H groups in total. The van der Waals surface area contributed by atoms with Crippen molar-refractivity contribution < 1.29 is 27.4 Å². The molecule has 2 heterocycles. The van der Waals surface area contributed by atoms with Gasteiger partial charge in [-0.05, 0) is 48.7 Å². The molecule has 9 heteroatoms. The maximum absolute atomic E-state index is 13.2. The van der Waals surface area contributed by atoms with Gasteiger partial charge in [0, 0.05) is 32.6 Å². The van der Waals surface area contributed by atoms with E-state index in [0.29, 0.717) is 51.5 Å². The summed E-state index contributed by atoms with van der Waals surface area (Å²) in [4.78, 5) is 15.3. The Morgan fingerprint density at radius 1 is 0.971 bits per heavy atom. The van der Waals surface area contributed by atoms with Crippen LogP contribution >= 0.6 is 0 Å². The van der Waals surface area contributed by atoms with Crippen LogP contribution < -0.4 is 9.64 Å². The minimum absolute atomic E-state index is 0.133. The number of morpholine rings is 1. The fraction of sp³-hybridized carbons (Fsp3) is 0.480. The number of ether oxygens (including phenoxy) is 3. The molecule has 2 aromatic rings. The summed E-state index contributed by atoms with van der Waals surface area (Å²) in [7, 11) is -2.05. The van der Waals surface area contributed by atoms with Crippen LogP contribution in [0.25, 0.3) is 0 Å². The van der Waals surface area contributed by atoms with E-state index in [4.69, 9.17) is 14.2 Å². The molecule has 2 aromatic carbocycles. The predicted octanol–water partition coefficient (Wildman–Crippen LogP) is 3.11. The van der Waals surface area contributed by atoms with Crippen LogP contribution in [-0.4, -0.2) is 71.8 Å². The molecule has 2 aliphatic heterocycles. The van der Waals surface area contributed by atoms with E-state index in [9.17, 15) is 13.2 Å². The first-order valence-corrected chi connectivity index (χ1v) is 13.2. The zero-order valence-corrected chi connectivity index (χ0v) is 20.4. The van der Waals surface area contributed by atoms with E-state index < -0.39 is 16.0 Å². The number of carbonyl (C=O) groups is 1. The summed E-state index contributed by atoms with van der Waals surface area (Å²) < 4.78 is 44.2. The summed E-state index contributed by atoms with van der Waals surface area (Å²) in [6.45, 7) is 3.58. The van der Waals surface area contributed by atoms with Crippen LogP contribution in [0.3, 0.4) is 0 Å². The van der Waals surface area contributed by atoms with E-state index in [1.165, 1.54) is 10.4 Å². The van der Waals surface area contributed by atoms with Gasteiger partial charge in [-0.2, -0.15) is 4.31 Å². The van der Waals surface area contributed by atoms with Gasteiger partial charge in [-0.25, -0.2) is 13.2 Å². The van der Waals surface area contributed by atoms with E-state index in [0.717, 1.165) is 30.6 Å². The van der Waals surface area contributed by atoms with Crippen LogP contribution in [-0.2, 0) is 25.9 Å². The van der Waals surface area contributed by atoms with Crippen LogP contribution in [0.4, 0.5) is 5.69 Å². The molecule has 0 unspecified atom stereocenters. The first kappa shape index (κ1) is 24.5. The molecule has 0 radical (unpaired) electrons. The molecule has 4 rings (SSSR count). The first-order chi connectivity index (χ1) is 16.5. The lowest BCUT2D eigenvalue weighted by atomic mass is 10.1. The van der Waals surface area contributed by atoms with Gasteiger partial charge in [0.2, 0.25) is 10.0 Å². The number of anilines is 1. The topological polar surface area (TPSA) is 85.4 Å². The van der Waals surface area contributed by atoms with Crippen LogP contribution in [0.5, 0.6) is 5.75 Å². The summed E-state index contributed by atoms with van der Waals surface area (Å²) >= 11 is 0. The lowest BCUT2D eigenvalue weighted by Crippen LogP contribution is -2.38. The van der Waals surface area contributed by atoms with Gasteiger partial charge in [-0.1, -0.05) is 18.6 Å². The Hall–Kier alpha value is -2.62. The molecule has 34 heavy (non-hydrogen) atoms. The summed E-state index contributed by atoms with van der Waals surface area (Å²) in [6, 6.07) is 12.4. The maximum Gasteiger partial charge on any atom is 0.340 e. The molecular weight excluding hydrogens is 456 g/mol. The van der Waals surface area contributed by atoms with Crippen LogP contribution in [0.2, 0.25) is 0 Å². The van der Waals surface area contributed by atoms with Gasteiger partial charge in [0.1, 0.15) is 5.75 Å². The molecule has 0 aromatic heterocycles. The second-order valence-corrected chi connectivity index (χ2v) is 10.4. The fourth-order valence-corrected chi connectivity index (χ4v) is 5.85. The largest absolute Gasteiger partial charge is 0.497 e. The van der Waals surface area contributed by atoms with Crippen molar-refractivity contribution in [3.05, 3.63) is 53.6 Å². The second-order valence-electron chi connectivity index (χ2n) is 8.48. The lowest BCUT2D eigenvalue weighted by Gasteiger charge is -2.31. The van der Waals surface area contributed by atoms with Gasteiger partial charge in [0.25, 0.3) is 0 Å². The van der Waals surface area contributed by atoms with E-state index in [2.05, 4.69) is 0 Å². The van der Waals surface area contributed by atoms with Gasteiger partial charge in [-0.15, -0.1) is 0 Å². The summed E-state index contributed by atoms with van der Waals surface area (Å²) in [5.74, 6) is 0.244. The van der Waals surface area contributed by atoms with Gasteiger partial charge in [-0.3, -0.25) is 0 Å². The molecule has 0 atom stereocenters. The Morgan fingerprint density at radius 3 is 2.35 bits per heavy atom. The maximum atomic E-state index is 13.2. The molecule has 0 bridgehead atoms. The number of carbonyl (C=O) groups excluding carboxylic acids is 1. The first-order valence-electron chi connectivity index (χ1n) is 11.8. The highest BCUT2D eigenvalue weighted by atomic mass is 32.2. The Morgan fingerprint density at radius 2 is 1.68 bits per heavy atom. The van der Waals surface area contributed by atoms with Crippen molar-refractivity contribution in [1.29, 1.82) is 0 Å². The van der Waals surface area contributed by atoms with Crippen LogP contribution in [0.1, 0.15) is 35.2 Å². The highest BCUT2D eigenvalue weighted by Crippen LogP contribution is 2.28. The molecule has 8 nitrogen and oxygen atoms in total. The number of sulfonamides is 1. The zero-order valence-electron chi connectivity index (χ0n) is 19.6. The van der Waals surface area contributed by atoms with Crippen molar-refractivity contribution in [2.75, 3.05) is 58.0 Å². The molecule has 0 spiro atoms. The highest BCUT2D eigenvalue weighted by Gasteiger charge is 2.29. The van der Waals surface area contributed by atoms with Crippen LogP contribution in [0, 0.1) is 0 Å². The smallest absolute Gasteiger partial charge is 0.340 e. The summed E-state index contributed by atoms with van der Waals surface area (Å²) in [6.07, 6.45) is 3.29. The molecule has 184 valence electrons. The van der Waals surface area contributed by atoms with E-state index >= 15 is 0 Å². The zero-order chi connectivity index (χ0) is 24.0. The predicted molar refractivity (Wildman–Crippen MR) is 129 cm³/mol. The molecule has 0 saturated carbocycles. The molecule has 2 fully saturated rings. The van der Waals surface area contributed by atoms with E-state index in [1.54, 1.807) is 19.2 Å². The number of hydrogen-bond acceptors (Lipinski definition) is 7. The summed E-state index contributed by atoms with van der Waals surface area (Å²) in [5, 5.41) is 0. The Balaban J connectivity index is 1.54. The lowest BCUT2D eigenvalue weighted by molar-refractivity contribution is 0.0508. The molecule has 0 amide bonds. The standard InChI is InChI=1S/C25H32N2O6S/c1-31-21-7-5-20(6-8-21)11-16-33-25(28)23-19-22(34(29,30)27-12-3-2-4-13-27)9-10-24(23)26-14-17-32-18-15-26/h5-10,19H,2-4,11-18H2,1H3. The molecular formula is C25H32N2O6S. The van der Waals surface area contributed by atoms with Gasteiger partial charge < -0.3 is 19.1 Å². The SMILES string of the molecule is COc1ccc(CCOC(=O)c2cc(S(=O)(=O)N3CCCCC3)ccc2N2CCOCC2)cc1. The Kier molecular flexibility index (Phi) is 8.07. The third-order valence-corrected chi connectivity index (χ3v) is 8.17. The number of hydrogen-bond donors (Lipinski definition) is 0. The molecule has 2 aliphatic rings. The number of methoxy groups -OCH3 is 1. The van der Waals surface area contributed by atoms with Crippen molar-refractivity contribution in [3.63, 3.8) is 0 Å². The quantitative estimate of drug-likeness (QED) is 0.528.